The van der Waals surface area contributed by atoms with E-state index in [0.717, 1.165) is 22.0 Å². The summed E-state index contributed by atoms with van der Waals surface area (Å²) in [6, 6.07) is 3.82. The molecule has 4 N–H and O–H groups in total. The van der Waals surface area contributed by atoms with Crippen molar-refractivity contribution < 1.29 is 9.47 Å². The highest BCUT2D eigenvalue weighted by molar-refractivity contribution is 9.10. The topological polar surface area (TPSA) is 96.3 Å². The number of nitrogen functional groups attached to an aromatic ring is 2. The van der Waals surface area contributed by atoms with Gasteiger partial charge in [0.15, 0.2) is 11.5 Å². The van der Waals surface area contributed by atoms with Crippen molar-refractivity contribution in [3.8, 4) is 11.5 Å². The van der Waals surface area contributed by atoms with Gasteiger partial charge in [-0.25, -0.2) is 4.98 Å². The highest BCUT2D eigenvalue weighted by Gasteiger charge is 2.12. The Morgan fingerprint density at radius 3 is 2.59 bits per heavy atom. The SMILES string of the molecule is CCCOc1cc(Br)c(Cc2cnc(N)nc2N)cc1OC. The van der Waals surface area contributed by atoms with Crippen molar-refractivity contribution in [3.63, 3.8) is 0 Å². The van der Waals surface area contributed by atoms with Crippen LogP contribution in [0.25, 0.3) is 0 Å². The quantitative estimate of drug-likeness (QED) is 0.815. The largest absolute Gasteiger partial charge is 0.493 e. The molecular weight excluding hydrogens is 348 g/mol. The number of rotatable bonds is 6. The van der Waals surface area contributed by atoms with Crippen molar-refractivity contribution in [2.75, 3.05) is 25.2 Å². The molecule has 0 aliphatic carbocycles. The zero-order valence-electron chi connectivity index (χ0n) is 12.6. The van der Waals surface area contributed by atoms with Crippen LogP contribution in [0.5, 0.6) is 11.5 Å². The van der Waals surface area contributed by atoms with Gasteiger partial charge in [-0.15, -0.1) is 0 Å². The van der Waals surface area contributed by atoms with Crippen LogP contribution in [0.4, 0.5) is 11.8 Å². The summed E-state index contributed by atoms with van der Waals surface area (Å²) in [5, 5.41) is 0. The number of methoxy groups -OCH3 is 1. The molecule has 0 fully saturated rings. The number of anilines is 2. The zero-order valence-corrected chi connectivity index (χ0v) is 14.2. The molecule has 0 spiro atoms. The predicted molar refractivity (Wildman–Crippen MR) is 90.1 cm³/mol. The van der Waals surface area contributed by atoms with E-state index in [1.54, 1.807) is 13.3 Å². The van der Waals surface area contributed by atoms with Crippen molar-refractivity contribution >= 4 is 27.7 Å². The number of nitrogens with zero attached hydrogens (tertiary/aromatic N) is 2. The van der Waals surface area contributed by atoms with Crippen LogP contribution in [0.3, 0.4) is 0 Å². The molecule has 2 rings (SSSR count). The lowest BCUT2D eigenvalue weighted by Crippen LogP contribution is -2.05. The molecule has 0 bridgehead atoms. The molecule has 0 saturated carbocycles. The minimum atomic E-state index is 0.168. The molecule has 7 heteroatoms. The number of hydrogen-bond acceptors (Lipinski definition) is 6. The van der Waals surface area contributed by atoms with Gasteiger partial charge in [-0.3, -0.25) is 0 Å². The molecule has 0 saturated heterocycles. The van der Waals surface area contributed by atoms with Crippen LogP contribution in [0.1, 0.15) is 24.5 Å². The van der Waals surface area contributed by atoms with Crippen LogP contribution in [-0.2, 0) is 6.42 Å². The Morgan fingerprint density at radius 2 is 1.95 bits per heavy atom. The summed E-state index contributed by atoms with van der Waals surface area (Å²) in [6.45, 7) is 2.70. The molecule has 0 radical (unpaired) electrons. The van der Waals surface area contributed by atoms with Gasteiger partial charge in [0.05, 0.1) is 13.7 Å². The van der Waals surface area contributed by atoms with Gasteiger partial charge in [0.25, 0.3) is 0 Å². The van der Waals surface area contributed by atoms with Crippen molar-refractivity contribution in [3.05, 3.63) is 33.9 Å². The fraction of sp³-hybridized carbons (Fsp3) is 0.333. The Labute approximate surface area is 138 Å². The maximum absolute atomic E-state index is 5.88. The second-order valence-corrected chi connectivity index (χ2v) is 5.61. The Balaban J connectivity index is 2.31. The smallest absolute Gasteiger partial charge is 0.221 e. The van der Waals surface area contributed by atoms with Crippen molar-refractivity contribution in [1.29, 1.82) is 0 Å². The molecule has 0 unspecified atom stereocenters. The molecule has 0 amide bonds. The van der Waals surface area contributed by atoms with Gasteiger partial charge in [0.2, 0.25) is 5.95 Å². The molecule has 0 aliphatic rings. The van der Waals surface area contributed by atoms with E-state index in [4.69, 9.17) is 20.9 Å². The van der Waals surface area contributed by atoms with E-state index in [0.29, 0.717) is 30.3 Å². The number of benzene rings is 1. The molecule has 2 aromatic rings. The maximum atomic E-state index is 5.88. The highest BCUT2D eigenvalue weighted by Crippen LogP contribution is 2.35. The standard InChI is InChI=1S/C15H19BrN4O2/c1-3-4-22-13-7-11(16)9(6-12(13)21-2)5-10-8-19-15(18)20-14(10)17/h6-8H,3-5H2,1-2H3,(H4,17,18,19,20). The third-order valence-corrected chi connectivity index (χ3v) is 3.83. The van der Waals surface area contributed by atoms with Gasteiger partial charge in [-0.05, 0) is 24.1 Å². The third-order valence-electron chi connectivity index (χ3n) is 3.09. The van der Waals surface area contributed by atoms with E-state index in [1.165, 1.54) is 0 Å². The Hall–Kier alpha value is -2.02. The molecule has 6 nitrogen and oxygen atoms in total. The lowest BCUT2D eigenvalue weighted by molar-refractivity contribution is 0.294. The van der Waals surface area contributed by atoms with Crippen LogP contribution >= 0.6 is 15.9 Å². The Bertz CT molecular complexity index is 664. The van der Waals surface area contributed by atoms with Crippen LogP contribution < -0.4 is 20.9 Å². The zero-order chi connectivity index (χ0) is 16.1. The van der Waals surface area contributed by atoms with E-state index in [2.05, 4.69) is 32.8 Å². The van der Waals surface area contributed by atoms with Crippen molar-refractivity contribution in [2.24, 2.45) is 0 Å². The summed E-state index contributed by atoms with van der Waals surface area (Å²) >= 11 is 3.56. The molecular formula is C15H19BrN4O2. The first-order chi connectivity index (χ1) is 10.5. The summed E-state index contributed by atoms with van der Waals surface area (Å²) in [5.41, 5.74) is 13.2. The first kappa shape index (κ1) is 16.4. The second-order valence-electron chi connectivity index (χ2n) is 4.76. The highest BCUT2D eigenvalue weighted by atomic mass is 79.9. The van der Waals surface area contributed by atoms with E-state index in [1.807, 2.05) is 12.1 Å². The van der Waals surface area contributed by atoms with E-state index in [-0.39, 0.29) is 5.95 Å². The Kier molecular flexibility index (Phi) is 5.43. The lowest BCUT2D eigenvalue weighted by Gasteiger charge is -2.14. The molecule has 1 aromatic carbocycles. The van der Waals surface area contributed by atoms with Gasteiger partial charge < -0.3 is 20.9 Å². The van der Waals surface area contributed by atoms with Crippen LogP contribution in [0, 0.1) is 0 Å². The van der Waals surface area contributed by atoms with Gasteiger partial charge >= 0.3 is 0 Å². The summed E-state index contributed by atoms with van der Waals surface area (Å²) < 4.78 is 12.0. The summed E-state index contributed by atoms with van der Waals surface area (Å²) in [5.74, 6) is 1.94. The van der Waals surface area contributed by atoms with Crippen molar-refractivity contribution in [1.82, 2.24) is 9.97 Å². The third kappa shape index (κ3) is 3.79. The number of nitrogens with two attached hydrogens (primary N) is 2. The number of aromatic nitrogens is 2. The number of hydrogen-bond donors (Lipinski definition) is 2. The van der Waals surface area contributed by atoms with E-state index < -0.39 is 0 Å². The van der Waals surface area contributed by atoms with Crippen LogP contribution in [-0.4, -0.2) is 23.7 Å². The Morgan fingerprint density at radius 1 is 1.18 bits per heavy atom. The minimum absolute atomic E-state index is 0.168. The molecule has 22 heavy (non-hydrogen) atoms. The average Bonchev–Trinajstić information content (AvgIpc) is 2.49. The monoisotopic (exact) mass is 366 g/mol. The van der Waals surface area contributed by atoms with Gasteiger partial charge in [0.1, 0.15) is 5.82 Å². The fourth-order valence-electron chi connectivity index (χ4n) is 1.97. The van der Waals surface area contributed by atoms with E-state index >= 15 is 0 Å². The van der Waals surface area contributed by atoms with Crippen molar-refractivity contribution in [2.45, 2.75) is 19.8 Å². The van der Waals surface area contributed by atoms with Crippen LogP contribution in [0.15, 0.2) is 22.8 Å². The molecule has 1 aromatic heterocycles. The average molecular weight is 367 g/mol. The molecule has 1 heterocycles. The fourth-order valence-corrected chi connectivity index (χ4v) is 2.44. The summed E-state index contributed by atoms with van der Waals surface area (Å²) in [4.78, 5) is 7.96. The summed E-state index contributed by atoms with van der Waals surface area (Å²) in [6.07, 6.45) is 3.14. The predicted octanol–water partition coefficient (Wildman–Crippen LogP) is 2.79. The first-order valence-electron chi connectivity index (χ1n) is 6.91. The first-order valence-corrected chi connectivity index (χ1v) is 7.70. The maximum Gasteiger partial charge on any atom is 0.221 e. The molecule has 0 aliphatic heterocycles. The number of ether oxygens (including phenoxy) is 2. The lowest BCUT2D eigenvalue weighted by atomic mass is 10.1. The van der Waals surface area contributed by atoms with Gasteiger partial charge in [-0.1, -0.05) is 22.9 Å². The van der Waals surface area contributed by atoms with Gasteiger partial charge in [0, 0.05) is 22.7 Å². The minimum Gasteiger partial charge on any atom is -0.493 e. The molecule has 0 atom stereocenters. The van der Waals surface area contributed by atoms with Gasteiger partial charge in [-0.2, -0.15) is 4.98 Å². The van der Waals surface area contributed by atoms with Crippen LogP contribution in [0.2, 0.25) is 0 Å². The second kappa shape index (κ2) is 7.31. The molecule has 118 valence electrons. The van der Waals surface area contributed by atoms with E-state index in [9.17, 15) is 0 Å². The number of halogens is 1. The summed E-state index contributed by atoms with van der Waals surface area (Å²) in [7, 11) is 1.62. The normalized spacial score (nSPS) is 10.5.